The van der Waals surface area contributed by atoms with Crippen molar-refractivity contribution in [3.8, 4) is 0 Å². The summed E-state index contributed by atoms with van der Waals surface area (Å²) >= 11 is 0. The van der Waals surface area contributed by atoms with Crippen molar-refractivity contribution in [1.29, 1.82) is 0 Å². The Morgan fingerprint density at radius 1 is 1.45 bits per heavy atom. The molecule has 3 heteroatoms. The molecule has 0 amide bonds. The van der Waals surface area contributed by atoms with Gasteiger partial charge in [-0.3, -0.25) is 9.69 Å². The van der Waals surface area contributed by atoms with Crippen molar-refractivity contribution >= 4 is 5.97 Å². The van der Waals surface area contributed by atoms with E-state index in [1.54, 1.807) is 0 Å². The van der Waals surface area contributed by atoms with Crippen LogP contribution in [-0.2, 0) is 11.3 Å². The van der Waals surface area contributed by atoms with Crippen molar-refractivity contribution in [1.82, 2.24) is 4.90 Å². The van der Waals surface area contributed by atoms with E-state index in [9.17, 15) is 9.90 Å². The number of hydrogen-bond donors (Lipinski definition) is 1. The Bertz CT molecular complexity index is 540. The predicted molar refractivity (Wildman–Crippen MR) is 78.6 cm³/mol. The lowest BCUT2D eigenvalue weighted by atomic mass is 9.81. The van der Waals surface area contributed by atoms with Gasteiger partial charge in [0.2, 0.25) is 0 Å². The van der Waals surface area contributed by atoms with Gasteiger partial charge < -0.3 is 5.11 Å². The minimum Gasteiger partial charge on any atom is -0.481 e. The minimum atomic E-state index is -0.580. The van der Waals surface area contributed by atoms with Crippen LogP contribution in [0.3, 0.4) is 0 Å². The summed E-state index contributed by atoms with van der Waals surface area (Å²) in [6.45, 7) is 6.81. The quantitative estimate of drug-likeness (QED) is 0.920. The van der Waals surface area contributed by atoms with E-state index >= 15 is 0 Å². The van der Waals surface area contributed by atoms with E-state index in [-0.39, 0.29) is 0 Å². The summed E-state index contributed by atoms with van der Waals surface area (Å²) in [4.78, 5) is 14.0. The number of fused-ring (bicyclic) bond motifs is 1. The first-order valence-electron chi connectivity index (χ1n) is 7.53. The monoisotopic (exact) mass is 273 g/mol. The molecular weight excluding hydrogens is 250 g/mol. The van der Waals surface area contributed by atoms with Crippen LogP contribution in [0.15, 0.2) is 18.2 Å². The van der Waals surface area contributed by atoms with E-state index in [1.165, 1.54) is 16.7 Å². The zero-order valence-corrected chi connectivity index (χ0v) is 12.4. The van der Waals surface area contributed by atoms with E-state index in [4.69, 9.17) is 0 Å². The zero-order valence-electron chi connectivity index (χ0n) is 12.4. The molecule has 1 N–H and O–H groups in total. The zero-order chi connectivity index (χ0) is 14.3. The second kappa shape index (κ2) is 4.88. The van der Waals surface area contributed by atoms with Gasteiger partial charge >= 0.3 is 5.97 Å². The van der Waals surface area contributed by atoms with Crippen molar-refractivity contribution in [2.75, 3.05) is 13.1 Å². The van der Waals surface area contributed by atoms with Crippen molar-refractivity contribution < 1.29 is 9.90 Å². The third-order valence-electron chi connectivity index (χ3n) is 5.26. The number of likely N-dealkylation sites (tertiary alicyclic amines) is 1. The van der Waals surface area contributed by atoms with Gasteiger partial charge in [-0.2, -0.15) is 0 Å². The summed E-state index contributed by atoms with van der Waals surface area (Å²) in [6.07, 6.45) is 3.01. The topological polar surface area (TPSA) is 40.5 Å². The fourth-order valence-electron chi connectivity index (χ4n) is 4.13. The van der Waals surface area contributed by atoms with E-state index < -0.39 is 11.4 Å². The third-order valence-corrected chi connectivity index (χ3v) is 5.26. The van der Waals surface area contributed by atoms with Crippen LogP contribution in [0.1, 0.15) is 36.0 Å². The Kier molecular flexibility index (Phi) is 3.33. The lowest BCUT2D eigenvalue weighted by molar-refractivity contribution is -0.149. The molecule has 1 aromatic rings. The molecule has 2 aliphatic rings. The Labute approximate surface area is 120 Å². The third kappa shape index (κ3) is 2.14. The van der Waals surface area contributed by atoms with E-state index in [1.807, 2.05) is 0 Å². The van der Waals surface area contributed by atoms with Crippen molar-refractivity contribution in [2.45, 2.75) is 39.7 Å². The second-order valence-corrected chi connectivity index (χ2v) is 6.65. The number of rotatable bonds is 3. The number of carboxylic acid groups (broad SMARTS) is 1. The molecule has 1 saturated heterocycles. The van der Waals surface area contributed by atoms with Crippen molar-refractivity contribution in [3.05, 3.63) is 34.9 Å². The fourth-order valence-corrected chi connectivity index (χ4v) is 4.13. The minimum absolute atomic E-state index is 0.353. The molecule has 0 radical (unpaired) electrons. The molecule has 1 heterocycles. The van der Waals surface area contributed by atoms with Crippen LogP contribution < -0.4 is 0 Å². The highest BCUT2D eigenvalue weighted by atomic mass is 16.4. The molecule has 0 spiro atoms. The van der Waals surface area contributed by atoms with Gasteiger partial charge in [-0.05, 0) is 43.7 Å². The van der Waals surface area contributed by atoms with Crippen LogP contribution in [0, 0.1) is 25.2 Å². The molecule has 2 atom stereocenters. The molecule has 1 aliphatic heterocycles. The molecule has 108 valence electrons. The van der Waals surface area contributed by atoms with Gasteiger partial charge in [-0.15, -0.1) is 0 Å². The number of carbonyl (C=O) groups is 1. The van der Waals surface area contributed by atoms with Gasteiger partial charge in [0.05, 0.1) is 5.41 Å². The lowest BCUT2D eigenvalue weighted by Gasteiger charge is -2.23. The normalized spacial score (nSPS) is 29.6. The van der Waals surface area contributed by atoms with Gasteiger partial charge in [-0.25, -0.2) is 0 Å². The van der Waals surface area contributed by atoms with Crippen LogP contribution in [-0.4, -0.2) is 29.1 Å². The Balaban J connectivity index is 1.76. The van der Waals surface area contributed by atoms with Crippen LogP contribution in [0.25, 0.3) is 0 Å². The highest BCUT2D eigenvalue weighted by Crippen LogP contribution is 2.49. The van der Waals surface area contributed by atoms with Crippen molar-refractivity contribution in [2.24, 2.45) is 11.3 Å². The molecule has 3 rings (SSSR count). The molecule has 2 fully saturated rings. The predicted octanol–water partition coefficient (Wildman–Crippen LogP) is 2.99. The fraction of sp³-hybridized carbons (Fsp3) is 0.588. The van der Waals surface area contributed by atoms with Crippen LogP contribution in [0.5, 0.6) is 0 Å². The summed E-state index contributed by atoms with van der Waals surface area (Å²) in [7, 11) is 0. The Morgan fingerprint density at radius 2 is 2.25 bits per heavy atom. The maximum Gasteiger partial charge on any atom is 0.311 e. The van der Waals surface area contributed by atoms with Crippen molar-refractivity contribution in [3.63, 3.8) is 0 Å². The van der Waals surface area contributed by atoms with E-state index in [0.29, 0.717) is 5.92 Å². The van der Waals surface area contributed by atoms with Gasteiger partial charge in [0.25, 0.3) is 0 Å². The van der Waals surface area contributed by atoms with Gasteiger partial charge in [0.15, 0.2) is 0 Å². The largest absolute Gasteiger partial charge is 0.481 e. The van der Waals surface area contributed by atoms with Gasteiger partial charge in [0, 0.05) is 19.6 Å². The average molecular weight is 273 g/mol. The lowest BCUT2D eigenvalue weighted by Crippen LogP contribution is -2.35. The standard InChI is InChI=1S/C17H23NO2/c1-12-5-6-14(13(2)8-12)9-18-10-15-4-3-7-17(15,11-18)16(19)20/h5-6,8,15H,3-4,7,9-11H2,1-2H3,(H,19,20)/t15-,17+/m0/s1. The van der Waals surface area contributed by atoms with Gasteiger partial charge in [-0.1, -0.05) is 30.2 Å². The molecule has 1 aromatic carbocycles. The summed E-state index contributed by atoms with van der Waals surface area (Å²) < 4.78 is 0. The molecule has 0 unspecified atom stereocenters. The molecule has 20 heavy (non-hydrogen) atoms. The number of aryl methyl sites for hydroxylation is 2. The highest BCUT2D eigenvalue weighted by Gasteiger charge is 2.54. The molecule has 1 aliphatic carbocycles. The Morgan fingerprint density at radius 3 is 2.90 bits per heavy atom. The van der Waals surface area contributed by atoms with Crippen LogP contribution >= 0.6 is 0 Å². The number of nitrogens with zero attached hydrogens (tertiary/aromatic N) is 1. The molecule has 0 bridgehead atoms. The number of hydrogen-bond acceptors (Lipinski definition) is 2. The van der Waals surface area contributed by atoms with Crippen LogP contribution in [0.4, 0.5) is 0 Å². The highest BCUT2D eigenvalue weighted by molar-refractivity contribution is 5.76. The van der Waals surface area contributed by atoms with E-state index in [2.05, 4.69) is 36.9 Å². The first-order valence-corrected chi connectivity index (χ1v) is 7.53. The number of carboxylic acids is 1. The maximum absolute atomic E-state index is 11.7. The van der Waals surface area contributed by atoms with Crippen LogP contribution in [0.2, 0.25) is 0 Å². The molecular formula is C17H23NO2. The molecule has 0 aromatic heterocycles. The SMILES string of the molecule is Cc1ccc(CN2C[C@@H]3CCC[C@@]3(C(=O)O)C2)c(C)c1. The number of aliphatic carboxylic acids is 1. The second-order valence-electron chi connectivity index (χ2n) is 6.65. The Hall–Kier alpha value is -1.35. The summed E-state index contributed by atoms with van der Waals surface area (Å²) in [5.41, 5.74) is 3.47. The van der Waals surface area contributed by atoms with Gasteiger partial charge in [0.1, 0.15) is 0 Å². The average Bonchev–Trinajstić information content (AvgIpc) is 2.90. The summed E-state index contributed by atoms with van der Waals surface area (Å²) in [5.74, 6) is -0.228. The van der Waals surface area contributed by atoms with E-state index in [0.717, 1.165) is 38.9 Å². The maximum atomic E-state index is 11.7. The molecule has 3 nitrogen and oxygen atoms in total. The number of benzene rings is 1. The first-order chi connectivity index (χ1) is 9.51. The summed E-state index contributed by atoms with van der Waals surface area (Å²) in [5, 5.41) is 9.62. The smallest absolute Gasteiger partial charge is 0.311 e. The summed E-state index contributed by atoms with van der Waals surface area (Å²) in [6, 6.07) is 6.54. The first kappa shape index (κ1) is 13.6. The molecule has 1 saturated carbocycles.